The summed E-state index contributed by atoms with van der Waals surface area (Å²) in [6.45, 7) is 1.40. The van der Waals surface area contributed by atoms with Crippen LogP contribution in [-0.2, 0) is 10.3 Å². The van der Waals surface area contributed by atoms with Crippen LogP contribution in [0.1, 0.15) is 23.0 Å². The Morgan fingerprint density at radius 1 is 1.19 bits per heavy atom. The minimum absolute atomic E-state index is 0.0594. The number of hydrogen-bond donors (Lipinski definition) is 3. The van der Waals surface area contributed by atoms with Gasteiger partial charge in [0.05, 0.1) is 0 Å². The maximum atomic E-state index is 12.2. The number of nitrogens with zero attached hydrogens (tertiary/aromatic N) is 2. The molecule has 1 atom stereocenters. The van der Waals surface area contributed by atoms with Crippen molar-refractivity contribution < 1.29 is 14.7 Å². The summed E-state index contributed by atoms with van der Waals surface area (Å²) >= 11 is 0. The van der Waals surface area contributed by atoms with E-state index in [1.807, 2.05) is 0 Å². The summed E-state index contributed by atoms with van der Waals surface area (Å²) in [6, 6.07) is 8.38. The van der Waals surface area contributed by atoms with E-state index < -0.39 is 17.4 Å². The molecule has 108 valence electrons. The number of carbonyl (C=O) groups excluding carboxylic acids is 1. The van der Waals surface area contributed by atoms with Gasteiger partial charge in [0.1, 0.15) is 0 Å². The van der Waals surface area contributed by atoms with E-state index >= 15 is 0 Å². The van der Waals surface area contributed by atoms with E-state index in [0.717, 1.165) is 0 Å². The molecule has 0 aliphatic heterocycles. The Balaban J connectivity index is 2.36. The maximum absolute atomic E-state index is 12.2. The topological polar surface area (TPSA) is 118 Å². The summed E-state index contributed by atoms with van der Waals surface area (Å²) in [5, 5.41) is 11.9. The van der Waals surface area contributed by atoms with Gasteiger partial charge in [0.25, 0.3) is 5.91 Å². The van der Waals surface area contributed by atoms with Crippen LogP contribution in [0.25, 0.3) is 0 Å². The summed E-state index contributed by atoms with van der Waals surface area (Å²) in [4.78, 5) is 31.4. The predicted molar refractivity (Wildman–Crippen MR) is 75.3 cm³/mol. The van der Waals surface area contributed by atoms with E-state index in [2.05, 4.69) is 15.3 Å². The number of amides is 1. The lowest BCUT2D eigenvalue weighted by Crippen LogP contribution is -2.49. The highest BCUT2D eigenvalue weighted by atomic mass is 16.4. The quantitative estimate of drug-likeness (QED) is 0.764. The number of aromatic nitrogens is 2. The molecule has 0 aliphatic carbocycles. The van der Waals surface area contributed by atoms with Crippen molar-refractivity contribution in [3.05, 3.63) is 54.0 Å². The van der Waals surface area contributed by atoms with Gasteiger partial charge < -0.3 is 16.2 Å². The van der Waals surface area contributed by atoms with E-state index in [1.54, 1.807) is 30.3 Å². The Bertz CT molecular complexity index is 675. The molecule has 0 saturated carbocycles. The van der Waals surface area contributed by atoms with Crippen molar-refractivity contribution in [2.45, 2.75) is 12.5 Å². The molecule has 0 fully saturated rings. The molecule has 1 heterocycles. The van der Waals surface area contributed by atoms with E-state index in [0.29, 0.717) is 5.56 Å². The number of nitrogen functional groups attached to an aromatic ring is 1. The van der Waals surface area contributed by atoms with Crippen molar-refractivity contribution in [3.8, 4) is 0 Å². The fourth-order valence-corrected chi connectivity index (χ4v) is 1.83. The normalized spacial score (nSPS) is 13.2. The van der Waals surface area contributed by atoms with Crippen molar-refractivity contribution in [1.82, 2.24) is 15.3 Å². The van der Waals surface area contributed by atoms with Crippen molar-refractivity contribution in [1.29, 1.82) is 0 Å². The first-order valence-corrected chi connectivity index (χ1v) is 6.13. The van der Waals surface area contributed by atoms with Gasteiger partial charge in [-0.1, -0.05) is 30.3 Å². The van der Waals surface area contributed by atoms with E-state index in [-0.39, 0.29) is 11.5 Å². The summed E-state index contributed by atoms with van der Waals surface area (Å²) in [5.41, 5.74) is 4.31. The van der Waals surface area contributed by atoms with Gasteiger partial charge in [-0.3, -0.25) is 4.79 Å². The Morgan fingerprint density at radius 2 is 1.81 bits per heavy atom. The van der Waals surface area contributed by atoms with Gasteiger partial charge in [-0.05, 0) is 12.5 Å². The number of carboxylic acid groups (broad SMARTS) is 1. The number of carbonyl (C=O) groups is 2. The fraction of sp³-hybridized carbons (Fsp3) is 0.143. The third kappa shape index (κ3) is 2.81. The number of nitrogens with two attached hydrogens (primary N) is 1. The van der Waals surface area contributed by atoms with E-state index in [9.17, 15) is 14.7 Å². The Hall–Kier alpha value is -2.96. The molecule has 1 amide bonds. The first kappa shape index (κ1) is 14.4. The van der Waals surface area contributed by atoms with Gasteiger partial charge in [0.15, 0.2) is 17.1 Å². The lowest BCUT2D eigenvalue weighted by Gasteiger charge is -2.26. The Kier molecular flexibility index (Phi) is 3.84. The van der Waals surface area contributed by atoms with E-state index in [1.165, 1.54) is 19.3 Å². The molecule has 4 N–H and O–H groups in total. The molecule has 1 unspecified atom stereocenters. The number of hydrogen-bond acceptors (Lipinski definition) is 5. The summed E-state index contributed by atoms with van der Waals surface area (Å²) in [6.07, 6.45) is 2.66. The number of nitrogens with one attached hydrogen (secondary N) is 1. The molecule has 0 spiro atoms. The van der Waals surface area contributed by atoms with Gasteiger partial charge in [-0.25, -0.2) is 14.8 Å². The van der Waals surface area contributed by atoms with Crippen LogP contribution in [0.3, 0.4) is 0 Å². The molecule has 7 heteroatoms. The highest BCUT2D eigenvalue weighted by Gasteiger charge is 2.37. The van der Waals surface area contributed by atoms with Gasteiger partial charge >= 0.3 is 5.97 Å². The largest absolute Gasteiger partial charge is 0.479 e. The second kappa shape index (κ2) is 5.58. The molecular weight excluding hydrogens is 272 g/mol. The summed E-state index contributed by atoms with van der Waals surface area (Å²) in [7, 11) is 0. The number of aliphatic carboxylic acids is 1. The van der Waals surface area contributed by atoms with Gasteiger partial charge in [-0.15, -0.1) is 0 Å². The molecule has 2 aromatic rings. The minimum atomic E-state index is -1.59. The van der Waals surface area contributed by atoms with Crippen molar-refractivity contribution in [2.75, 3.05) is 5.73 Å². The van der Waals surface area contributed by atoms with Gasteiger partial charge in [-0.2, -0.15) is 0 Å². The van der Waals surface area contributed by atoms with Crippen LogP contribution in [0.2, 0.25) is 0 Å². The van der Waals surface area contributed by atoms with Crippen LogP contribution in [-0.4, -0.2) is 27.0 Å². The van der Waals surface area contributed by atoms with Crippen LogP contribution in [0.5, 0.6) is 0 Å². The number of benzene rings is 1. The van der Waals surface area contributed by atoms with Gasteiger partial charge in [0, 0.05) is 12.4 Å². The molecule has 7 nitrogen and oxygen atoms in total. The van der Waals surface area contributed by atoms with Gasteiger partial charge in [0.2, 0.25) is 0 Å². The van der Waals surface area contributed by atoms with Crippen molar-refractivity contribution in [2.24, 2.45) is 0 Å². The number of rotatable bonds is 4. The summed E-state index contributed by atoms with van der Waals surface area (Å²) in [5.74, 6) is -1.95. The minimum Gasteiger partial charge on any atom is -0.479 e. The molecule has 0 bridgehead atoms. The lowest BCUT2D eigenvalue weighted by atomic mass is 9.92. The molecule has 1 aromatic heterocycles. The third-order valence-electron chi connectivity index (χ3n) is 3.08. The van der Waals surface area contributed by atoms with Crippen LogP contribution in [0.4, 0.5) is 5.82 Å². The van der Waals surface area contributed by atoms with Crippen LogP contribution in [0.15, 0.2) is 42.7 Å². The first-order chi connectivity index (χ1) is 9.95. The molecular formula is C14H14N4O3. The second-order valence-electron chi connectivity index (χ2n) is 4.54. The molecule has 21 heavy (non-hydrogen) atoms. The SMILES string of the molecule is CC(NC(=O)c1nccnc1N)(C(=O)O)c1ccccc1. The zero-order chi connectivity index (χ0) is 15.5. The Labute approximate surface area is 120 Å². The molecule has 0 saturated heterocycles. The second-order valence-corrected chi connectivity index (χ2v) is 4.54. The standard InChI is InChI=1S/C14H14N4O3/c1-14(13(20)21,9-5-3-2-4-6-9)18-12(19)10-11(15)17-8-7-16-10/h2-8H,1H3,(H2,15,17)(H,18,19)(H,20,21). The number of carboxylic acids is 1. The zero-order valence-electron chi connectivity index (χ0n) is 11.3. The first-order valence-electron chi connectivity index (χ1n) is 6.13. The third-order valence-corrected chi connectivity index (χ3v) is 3.08. The Morgan fingerprint density at radius 3 is 2.38 bits per heavy atom. The van der Waals surface area contributed by atoms with Crippen LogP contribution >= 0.6 is 0 Å². The smallest absolute Gasteiger partial charge is 0.333 e. The average Bonchev–Trinajstić information content (AvgIpc) is 2.48. The van der Waals surface area contributed by atoms with Crippen LogP contribution in [0, 0.1) is 0 Å². The van der Waals surface area contributed by atoms with Crippen LogP contribution < -0.4 is 11.1 Å². The molecule has 2 rings (SSSR count). The highest BCUT2D eigenvalue weighted by Crippen LogP contribution is 2.21. The molecule has 1 aromatic carbocycles. The molecule has 0 aliphatic rings. The fourth-order valence-electron chi connectivity index (χ4n) is 1.83. The zero-order valence-corrected chi connectivity index (χ0v) is 11.3. The van der Waals surface area contributed by atoms with Crippen molar-refractivity contribution >= 4 is 17.7 Å². The van der Waals surface area contributed by atoms with Crippen molar-refractivity contribution in [3.63, 3.8) is 0 Å². The molecule has 0 radical (unpaired) electrons. The summed E-state index contributed by atoms with van der Waals surface area (Å²) < 4.78 is 0. The number of anilines is 1. The average molecular weight is 286 g/mol. The predicted octanol–water partition coefficient (Wildman–Crippen LogP) is 0.789. The monoisotopic (exact) mass is 286 g/mol. The maximum Gasteiger partial charge on any atom is 0.333 e. The highest BCUT2D eigenvalue weighted by molar-refractivity contribution is 5.99. The van der Waals surface area contributed by atoms with E-state index in [4.69, 9.17) is 5.73 Å². The lowest BCUT2D eigenvalue weighted by molar-refractivity contribution is -0.144.